The quantitative estimate of drug-likeness (QED) is 0.556. The molecule has 0 heterocycles. The van der Waals surface area contributed by atoms with Crippen LogP contribution in [0, 0.1) is 13.8 Å². The average molecular weight is 238 g/mol. The molecule has 78 valence electrons. The third-order valence-corrected chi connectivity index (χ3v) is 3.64. The summed E-state index contributed by atoms with van der Waals surface area (Å²) >= 11 is 0. The van der Waals surface area contributed by atoms with E-state index in [1.54, 1.807) is 0 Å². The van der Waals surface area contributed by atoms with Crippen molar-refractivity contribution in [2.75, 3.05) is 0 Å². The van der Waals surface area contributed by atoms with E-state index in [0.717, 1.165) is 8.58 Å². The topological polar surface area (TPSA) is 0 Å². The van der Waals surface area contributed by atoms with Crippen LogP contribution >= 0.6 is 8.58 Å². The summed E-state index contributed by atoms with van der Waals surface area (Å²) in [7, 11) is 0.769. The van der Waals surface area contributed by atoms with Crippen LogP contribution in [0.5, 0.6) is 0 Å². The summed E-state index contributed by atoms with van der Waals surface area (Å²) in [5.41, 5.74) is 2.65. The molecule has 0 bridgehead atoms. The van der Waals surface area contributed by atoms with Crippen molar-refractivity contribution < 1.29 is 0 Å². The van der Waals surface area contributed by atoms with E-state index in [-0.39, 0.29) is 29.6 Å². The van der Waals surface area contributed by atoms with Crippen molar-refractivity contribution in [1.29, 1.82) is 0 Å². The maximum atomic E-state index is 2.22. The van der Waals surface area contributed by atoms with Crippen molar-refractivity contribution in [1.82, 2.24) is 0 Å². The van der Waals surface area contributed by atoms with Crippen LogP contribution in [0.2, 0.25) is 0 Å². The molecule has 2 heteroatoms. The van der Waals surface area contributed by atoms with Crippen molar-refractivity contribution in [2.45, 2.75) is 13.8 Å². The van der Waals surface area contributed by atoms with Gasteiger partial charge in [-0.2, -0.15) is 0 Å². The van der Waals surface area contributed by atoms with E-state index < -0.39 is 0 Å². The van der Waals surface area contributed by atoms with E-state index in [0.29, 0.717) is 0 Å². The molecule has 2 aromatic rings. The molecule has 0 aromatic heterocycles. The Hall–Kier alpha value is -0.130. The first-order valence-electron chi connectivity index (χ1n) is 5.14. The summed E-state index contributed by atoms with van der Waals surface area (Å²) in [6.45, 7) is 4.25. The SMILES string of the molecule is Cc1ccc(Pc2ccc(C)cc2)cc1.[NaH]. The molecule has 0 saturated heterocycles. The van der Waals surface area contributed by atoms with Gasteiger partial charge in [0.2, 0.25) is 0 Å². The van der Waals surface area contributed by atoms with E-state index in [1.807, 2.05) is 0 Å². The van der Waals surface area contributed by atoms with Gasteiger partial charge in [-0.25, -0.2) is 0 Å². The summed E-state index contributed by atoms with van der Waals surface area (Å²) in [5.74, 6) is 0. The van der Waals surface area contributed by atoms with Crippen molar-refractivity contribution in [2.24, 2.45) is 0 Å². The van der Waals surface area contributed by atoms with Gasteiger partial charge < -0.3 is 0 Å². The third kappa shape index (κ3) is 4.03. The zero-order chi connectivity index (χ0) is 10.7. The van der Waals surface area contributed by atoms with Gasteiger partial charge in [0.05, 0.1) is 0 Å². The summed E-state index contributed by atoms with van der Waals surface area (Å²) in [6.07, 6.45) is 0. The predicted octanol–water partition coefficient (Wildman–Crippen LogP) is 2.28. The van der Waals surface area contributed by atoms with E-state index >= 15 is 0 Å². The molecule has 0 aliphatic rings. The Bertz CT molecular complexity index is 388. The molecule has 2 rings (SSSR count). The van der Waals surface area contributed by atoms with Gasteiger partial charge in [-0.15, -0.1) is 0 Å². The molecule has 0 unspecified atom stereocenters. The Morgan fingerprint density at radius 3 is 1.25 bits per heavy atom. The van der Waals surface area contributed by atoms with E-state index in [1.165, 1.54) is 21.7 Å². The average Bonchev–Trinajstić information content (AvgIpc) is 2.25. The number of aryl methyl sites for hydroxylation is 2. The second-order valence-electron chi connectivity index (χ2n) is 3.86. The van der Waals surface area contributed by atoms with Gasteiger partial charge in [0, 0.05) is 0 Å². The molecule has 0 atom stereocenters. The van der Waals surface area contributed by atoms with Crippen LogP contribution in [0.4, 0.5) is 0 Å². The molecule has 0 aliphatic heterocycles. The van der Waals surface area contributed by atoms with Crippen LogP contribution in [0.25, 0.3) is 0 Å². The molecule has 0 amide bonds. The molecule has 0 aliphatic carbocycles. The summed E-state index contributed by atoms with van der Waals surface area (Å²) < 4.78 is 0. The van der Waals surface area contributed by atoms with Gasteiger partial charge in [0.25, 0.3) is 0 Å². The van der Waals surface area contributed by atoms with Gasteiger partial charge in [0.15, 0.2) is 0 Å². The Morgan fingerprint density at radius 2 is 0.938 bits per heavy atom. The van der Waals surface area contributed by atoms with Gasteiger partial charge in [-0.1, -0.05) is 68.2 Å². The molecule has 0 N–H and O–H groups in total. The van der Waals surface area contributed by atoms with E-state index in [9.17, 15) is 0 Å². The summed E-state index contributed by atoms with van der Waals surface area (Å²) in [4.78, 5) is 0. The summed E-state index contributed by atoms with van der Waals surface area (Å²) in [6, 6.07) is 17.6. The predicted molar refractivity (Wildman–Crippen MR) is 77.1 cm³/mol. The standard InChI is InChI=1S/C14H15P.Na.H/c1-11-3-7-13(8-4-11)15-14-9-5-12(2)6-10-14;;/h3-10,15H,1-2H3;;. The second-order valence-corrected chi connectivity index (χ2v) is 5.26. The van der Waals surface area contributed by atoms with E-state index in [4.69, 9.17) is 0 Å². The number of hydrogen-bond acceptors (Lipinski definition) is 0. The number of hydrogen-bond donors (Lipinski definition) is 0. The first kappa shape index (κ1) is 13.9. The van der Waals surface area contributed by atoms with Crippen LogP contribution in [-0.4, -0.2) is 29.6 Å². The van der Waals surface area contributed by atoms with E-state index in [2.05, 4.69) is 62.4 Å². The molecule has 2 aromatic carbocycles. The fourth-order valence-electron chi connectivity index (χ4n) is 1.44. The third-order valence-electron chi connectivity index (χ3n) is 2.39. The molecule has 0 radical (unpaired) electrons. The zero-order valence-electron chi connectivity index (χ0n) is 9.12. The first-order valence-corrected chi connectivity index (χ1v) is 6.14. The van der Waals surface area contributed by atoms with Crippen LogP contribution in [-0.2, 0) is 0 Å². The molecular weight excluding hydrogens is 222 g/mol. The molecular formula is C14H16NaP. The molecule has 16 heavy (non-hydrogen) atoms. The van der Waals surface area contributed by atoms with Crippen molar-refractivity contribution in [3.05, 3.63) is 59.7 Å². The van der Waals surface area contributed by atoms with Crippen molar-refractivity contribution >= 4 is 48.7 Å². The van der Waals surface area contributed by atoms with Gasteiger partial charge in [-0.3, -0.25) is 0 Å². The van der Waals surface area contributed by atoms with Gasteiger partial charge in [0.1, 0.15) is 0 Å². The van der Waals surface area contributed by atoms with Crippen molar-refractivity contribution in [3.63, 3.8) is 0 Å². The van der Waals surface area contributed by atoms with Crippen molar-refractivity contribution in [3.8, 4) is 0 Å². The Balaban J connectivity index is 0.00000128. The maximum absolute atomic E-state index is 2.22. The Morgan fingerprint density at radius 1 is 0.625 bits per heavy atom. The number of rotatable bonds is 2. The van der Waals surface area contributed by atoms with Gasteiger partial charge >= 0.3 is 29.6 Å². The van der Waals surface area contributed by atoms with Gasteiger partial charge in [-0.05, 0) is 24.5 Å². The van der Waals surface area contributed by atoms with Crippen LogP contribution < -0.4 is 10.6 Å². The molecule has 0 spiro atoms. The molecule has 0 saturated carbocycles. The Kier molecular flexibility index (Phi) is 5.72. The summed E-state index contributed by atoms with van der Waals surface area (Å²) in [5, 5.41) is 2.81. The van der Waals surface area contributed by atoms with Crippen LogP contribution in [0.3, 0.4) is 0 Å². The normalized spacial score (nSPS) is 9.62. The zero-order valence-corrected chi connectivity index (χ0v) is 10.1. The Labute approximate surface area is 122 Å². The second kappa shape index (κ2) is 6.57. The van der Waals surface area contributed by atoms with Crippen LogP contribution in [0.1, 0.15) is 11.1 Å². The molecule has 0 fully saturated rings. The first-order chi connectivity index (χ1) is 7.24. The minimum atomic E-state index is 0. The fraction of sp³-hybridized carbons (Fsp3) is 0.143. The minimum absolute atomic E-state index is 0. The fourth-order valence-corrected chi connectivity index (χ4v) is 2.44. The monoisotopic (exact) mass is 238 g/mol. The molecule has 0 nitrogen and oxygen atoms in total. The number of benzene rings is 2. The van der Waals surface area contributed by atoms with Crippen LogP contribution in [0.15, 0.2) is 48.5 Å².